The minimum Gasteiger partial charge on any atom is -0.494 e. The maximum Gasteiger partial charge on any atom is 0.273 e. The lowest BCUT2D eigenvalue weighted by molar-refractivity contribution is 0.340. The molecule has 0 aliphatic rings. The van der Waals surface area contributed by atoms with E-state index in [2.05, 4.69) is 10.2 Å². The SMILES string of the molecule is CCOc1cccc(-c2nnc(CS(=O)(=O)O)o2)c1. The van der Waals surface area contributed by atoms with E-state index in [-0.39, 0.29) is 11.8 Å². The lowest BCUT2D eigenvalue weighted by atomic mass is 10.2. The van der Waals surface area contributed by atoms with Gasteiger partial charge in [-0.2, -0.15) is 8.42 Å². The zero-order chi connectivity index (χ0) is 13.9. The van der Waals surface area contributed by atoms with E-state index in [9.17, 15) is 8.42 Å². The molecule has 1 N–H and O–H groups in total. The molecule has 0 unspecified atom stereocenters. The molecular formula is C11H12N2O5S. The number of rotatable bonds is 5. The van der Waals surface area contributed by atoms with Crippen LogP contribution in [0.15, 0.2) is 28.7 Å². The van der Waals surface area contributed by atoms with E-state index >= 15 is 0 Å². The predicted molar refractivity (Wildman–Crippen MR) is 66.2 cm³/mol. The van der Waals surface area contributed by atoms with E-state index in [4.69, 9.17) is 13.7 Å². The number of benzene rings is 1. The fourth-order valence-electron chi connectivity index (χ4n) is 1.47. The monoisotopic (exact) mass is 284 g/mol. The smallest absolute Gasteiger partial charge is 0.273 e. The minimum absolute atomic E-state index is 0.167. The molecule has 102 valence electrons. The maximum absolute atomic E-state index is 10.7. The van der Waals surface area contributed by atoms with Crippen LogP contribution in [0.25, 0.3) is 11.5 Å². The lowest BCUT2D eigenvalue weighted by Crippen LogP contribution is -2.01. The topological polar surface area (TPSA) is 103 Å². The summed E-state index contributed by atoms with van der Waals surface area (Å²) in [4.78, 5) is 0. The highest BCUT2D eigenvalue weighted by Gasteiger charge is 2.15. The van der Waals surface area contributed by atoms with Crippen LogP contribution in [0.1, 0.15) is 12.8 Å². The molecule has 1 aromatic heterocycles. The Bertz CT molecular complexity index is 665. The molecule has 19 heavy (non-hydrogen) atoms. The Morgan fingerprint density at radius 3 is 2.84 bits per heavy atom. The van der Waals surface area contributed by atoms with Gasteiger partial charge in [0, 0.05) is 5.56 Å². The zero-order valence-corrected chi connectivity index (χ0v) is 10.9. The molecule has 0 fully saturated rings. The predicted octanol–water partition coefficient (Wildman–Crippen LogP) is 1.52. The lowest BCUT2D eigenvalue weighted by Gasteiger charge is -2.03. The molecule has 1 aromatic carbocycles. The van der Waals surface area contributed by atoms with Crippen LogP contribution in [0.2, 0.25) is 0 Å². The molecule has 7 nitrogen and oxygen atoms in total. The molecule has 0 aliphatic carbocycles. The Morgan fingerprint density at radius 2 is 2.16 bits per heavy atom. The van der Waals surface area contributed by atoms with Gasteiger partial charge >= 0.3 is 0 Å². The van der Waals surface area contributed by atoms with E-state index < -0.39 is 15.9 Å². The van der Waals surface area contributed by atoms with E-state index in [0.29, 0.717) is 17.9 Å². The second-order valence-electron chi connectivity index (χ2n) is 3.69. The summed E-state index contributed by atoms with van der Waals surface area (Å²) in [5.74, 6) is -0.0560. The third kappa shape index (κ3) is 3.76. The van der Waals surface area contributed by atoms with Gasteiger partial charge in [0.05, 0.1) is 6.61 Å². The van der Waals surface area contributed by atoms with Crippen molar-refractivity contribution in [1.82, 2.24) is 10.2 Å². The fourth-order valence-corrected chi connectivity index (χ4v) is 1.90. The van der Waals surface area contributed by atoms with Crippen LogP contribution in [0.4, 0.5) is 0 Å². The molecular weight excluding hydrogens is 272 g/mol. The van der Waals surface area contributed by atoms with Crippen molar-refractivity contribution in [2.45, 2.75) is 12.7 Å². The van der Waals surface area contributed by atoms with Gasteiger partial charge in [-0.15, -0.1) is 10.2 Å². The molecule has 1 heterocycles. The third-order valence-corrected chi connectivity index (χ3v) is 2.78. The normalized spacial score (nSPS) is 11.5. The summed E-state index contributed by atoms with van der Waals surface area (Å²) < 4.78 is 40.6. The van der Waals surface area contributed by atoms with Gasteiger partial charge in [-0.25, -0.2) is 0 Å². The van der Waals surface area contributed by atoms with Crippen molar-refractivity contribution in [2.75, 3.05) is 6.61 Å². The largest absolute Gasteiger partial charge is 0.494 e. The molecule has 0 atom stereocenters. The second kappa shape index (κ2) is 5.37. The Hall–Kier alpha value is -1.93. The Balaban J connectivity index is 2.25. The molecule has 0 saturated carbocycles. The van der Waals surface area contributed by atoms with Crippen molar-refractivity contribution in [3.63, 3.8) is 0 Å². The first-order valence-electron chi connectivity index (χ1n) is 5.48. The van der Waals surface area contributed by atoms with Crippen LogP contribution < -0.4 is 4.74 Å². The molecule has 2 aromatic rings. The van der Waals surface area contributed by atoms with Gasteiger partial charge in [0.15, 0.2) is 5.75 Å². The van der Waals surface area contributed by atoms with Crippen LogP contribution in [-0.2, 0) is 15.9 Å². The molecule has 0 saturated heterocycles. The number of hydrogen-bond acceptors (Lipinski definition) is 6. The molecule has 0 spiro atoms. The Kier molecular flexibility index (Phi) is 3.82. The number of ether oxygens (including phenoxy) is 1. The summed E-state index contributed by atoms with van der Waals surface area (Å²) in [7, 11) is -4.18. The zero-order valence-electron chi connectivity index (χ0n) is 10.1. The van der Waals surface area contributed by atoms with Crippen LogP contribution in [-0.4, -0.2) is 29.8 Å². The highest BCUT2D eigenvalue weighted by atomic mass is 32.2. The molecule has 8 heteroatoms. The van der Waals surface area contributed by atoms with E-state index in [1.165, 1.54) is 0 Å². The standard InChI is InChI=1S/C11H12N2O5S/c1-2-17-9-5-3-4-8(6-9)11-13-12-10(18-11)7-19(14,15)16/h3-6H,2,7H2,1H3,(H,14,15,16). The van der Waals surface area contributed by atoms with Gasteiger partial charge < -0.3 is 9.15 Å². The Labute approximate surface area is 110 Å². The average molecular weight is 284 g/mol. The molecule has 0 aliphatic heterocycles. The van der Waals surface area contributed by atoms with Gasteiger partial charge in [0.2, 0.25) is 11.8 Å². The van der Waals surface area contributed by atoms with E-state index in [0.717, 1.165) is 0 Å². The summed E-state index contributed by atoms with van der Waals surface area (Å²) in [6.45, 7) is 2.39. The van der Waals surface area contributed by atoms with E-state index in [1.807, 2.05) is 6.92 Å². The number of aromatic nitrogens is 2. The quantitative estimate of drug-likeness (QED) is 0.830. The first-order chi connectivity index (χ1) is 8.98. The summed E-state index contributed by atoms with van der Waals surface area (Å²) in [6.07, 6.45) is 0. The Morgan fingerprint density at radius 1 is 1.37 bits per heavy atom. The van der Waals surface area contributed by atoms with Crippen molar-refractivity contribution in [3.8, 4) is 17.2 Å². The van der Waals surface area contributed by atoms with Gasteiger partial charge in [0.25, 0.3) is 10.1 Å². The van der Waals surface area contributed by atoms with Crippen molar-refractivity contribution in [1.29, 1.82) is 0 Å². The summed E-state index contributed by atoms with van der Waals surface area (Å²) in [6, 6.07) is 6.97. The first kappa shape index (κ1) is 13.5. The maximum atomic E-state index is 10.7. The summed E-state index contributed by atoms with van der Waals surface area (Å²) in [5, 5.41) is 7.28. The molecule has 0 bridgehead atoms. The van der Waals surface area contributed by atoms with Gasteiger partial charge in [-0.05, 0) is 25.1 Å². The van der Waals surface area contributed by atoms with Crippen molar-refractivity contribution >= 4 is 10.1 Å². The molecule has 0 amide bonds. The number of hydrogen-bond donors (Lipinski definition) is 1. The van der Waals surface area contributed by atoms with Crippen LogP contribution >= 0.6 is 0 Å². The van der Waals surface area contributed by atoms with Gasteiger partial charge in [-0.1, -0.05) is 6.07 Å². The van der Waals surface area contributed by atoms with Gasteiger partial charge in [0.1, 0.15) is 5.75 Å². The summed E-state index contributed by atoms with van der Waals surface area (Å²) >= 11 is 0. The number of nitrogens with zero attached hydrogens (tertiary/aromatic N) is 2. The van der Waals surface area contributed by atoms with Crippen LogP contribution in [0.5, 0.6) is 5.75 Å². The first-order valence-corrected chi connectivity index (χ1v) is 7.09. The summed E-state index contributed by atoms with van der Waals surface area (Å²) in [5.41, 5.74) is 0.611. The minimum atomic E-state index is -4.18. The fraction of sp³-hybridized carbons (Fsp3) is 0.273. The van der Waals surface area contributed by atoms with Crippen molar-refractivity contribution in [2.24, 2.45) is 0 Å². The molecule has 2 rings (SSSR count). The third-order valence-electron chi connectivity index (χ3n) is 2.16. The van der Waals surface area contributed by atoms with Gasteiger partial charge in [-0.3, -0.25) is 4.55 Å². The highest BCUT2D eigenvalue weighted by Crippen LogP contribution is 2.23. The highest BCUT2D eigenvalue weighted by molar-refractivity contribution is 7.84. The second-order valence-corrected chi connectivity index (χ2v) is 5.14. The molecule has 0 radical (unpaired) electrons. The van der Waals surface area contributed by atoms with Crippen molar-refractivity contribution in [3.05, 3.63) is 30.2 Å². The van der Waals surface area contributed by atoms with Crippen LogP contribution in [0.3, 0.4) is 0 Å². The van der Waals surface area contributed by atoms with Crippen LogP contribution in [0, 0.1) is 0 Å². The van der Waals surface area contributed by atoms with E-state index in [1.54, 1.807) is 24.3 Å². The average Bonchev–Trinajstić information content (AvgIpc) is 2.76. The van der Waals surface area contributed by atoms with Crippen molar-refractivity contribution < 1.29 is 22.1 Å².